The molecule has 0 atom stereocenters. The molecular weight excluding hydrogens is 304 g/mol. The molecule has 1 aliphatic heterocycles. The van der Waals surface area contributed by atoms with Crippen molar-refractivity contribution in [1.82, 2.24) is 9.80 Å². The largest absolute Gasteiger partial charge is 0.481 e. The van der Waals surface area contributed by atoms with Gasteiger partial charge in [-0.3, -0.25) is 29.0 Å². The number of carbonyl (C=O) groups is 4. The highest BCUT2D eigenvalue weighted by Gasteiger charge is 2.52. The van der Waals surface area contributed by atoms with Crippen LogP contribution in [0.2, 0.25) is 0 Å². The van der Waals surface area contributed by atoms with Crippen molar-refractivity contribution in [1.29, 1.82) is 0 Å². The van der Waals surface area contributed by atoms with Gasteiger partial charge in [-0.1, -0.05) is 20.4 Å². The van der Waals surface area contributed by atoms with Crippen molar-refractivity contribution in [2.24, 2.45) is 5.41 Å². The number of rotatable bonds is 8. The summed E-state index contributed by atoms with van der Waals surface area (Å²) in [7, 11) is 0. The highest BCUT2D eigenvalue weighted by molar-refractivity contribution is 6.08. The topological polar surface area (TPSA) is 115 Å². The molecular formula is C15H22N2O6. The molecule has 0 unspecified atom stereocenters. The van der Waals surface area contributed by atoms with E-state index in [1.165, 1.54) is 9.80 Å². The summed E-state index contributed by atoms with van der Waals surface area (Å²) >= 11 is 0. The Hall–Kier alpha value is -2.38. The van der Waals surface area contributed by atoms with Gasteiger partial charge in [-0.15, -0.1) is 0 Å². The van der Waals surface area contributed by atoms with Crippen molar-refractivity contribution in [3.8, 4) is 0 Å². The van der Waals surface area contributed by atoms with Crippen LogP contribution in [0, 0.1) is 5.41 Å². The van der Waals surface area contributed by atoms with Crippen LogP contribution < -0.4 is 0 Å². The molecule has 1 saturated heterocycles. The average molecular weight is 326 g/mol. The van der Waals surface area contributed by atoms with Gasteiger partial charge in [-0.2, -0.15) is 0 Å². The molecule has 1 rings (SSSR count). The molecule has 0 aromatic carbocycles. The lowest BCUT2D eigenvalue weighted by atomic mass is 9.77. The van der Waals surface area contributed by atoms with Crippen LogP contribution in [0.25, 0.3) is 0 Å². The second-order valence-corrected chi connectivity index (χ2v) is 5.41. The Balaban J connectivity index is 3.18. The molecule has 23 heavy (non-hydrogen) atoms. The van der Waals surface area contributed by atoms with Crippen LogP contribution in [0.1, 0.15) is 39.5 Å². The molecule has 0 radical (unpaired) electrons. The van der Waals surface area contributed by atoms with Gasteiger partial charge in [-0.25, -0.2) is 0 Å². The Morgan fingerprint density at radius 3 is 1.57 bits per heavy atom. The maximum atomic E-state index is 12.7. The zero-order valence-electron chi connectivity index (χ0n) is 13.4. The smallest absolute Gasteiger partial charge is 0.305 e. The van der Waals surface area contributed by atoms with E-state index in [0.717, 1.165) is 0 Å². The summed E-state index contributed by atoms with van der Waals surface area (Å²) in [6, 6.07) is 0. The van der Waals surface area contributed by atoms with E-state index in [9.17, 15) is 19.2 Å². The fraction of sp³-hybridized carbons (Fsp3) is 0.600. The first-order valence-electron chi connectivity index (χ1n) is 7.47. The van der Waals surface area contributed by atoms with Crippen molar-refractivity contribution in [2.75, 3.05) is 13.1 Å². The predicted molar refractivity (Wildman–Crippen MR) is 80.1 cm³/mol. The van der Waals surface area contributed by atoms with Crippen LogP contribution in [0.3, 0.4) is 0 Å². The normalized spacial score (nSPS) is 17.6. The molecule has 2 N–H and O–H groups in total. The first-order chi connectivity index (χ1) is 10.7. The summed E-state index contributed by atoms with van der Waals surface area (Å²) in [4.78, 5) is 49.4. The van der Waals surface area contributed by atoms with Gasteiger partial charge in [0.25, 0.3) is 0 Å². The lowest BCUT2D eigenvalue weighted by Crippen LogP contribution is -2.61. The Morgan fingerprint density at radius 1 is 0.957 bits per heavy atom. The predicted octanol–water partition coefficient (Wildman–Crippen LogP) is 0.884. The summed E-state index contributed by atoms with van der Waals surface area (Å²) in [5, 5.41) is 17.7. The van der Waals surface area contributed by atoms with E-state index < -0.39 is 29.2 Å². The summed E-state index contributed by atoms with van der Waals surface area (Å²) in [6.07, 6.45) is -0.0619. The number of carboxylic acid groups (broad SMARTS) is 2. The van der Waals surface area contributed by atoms with Crippen LogP contribution in [0.5, 0.6) is 0 Å². The van der Waals surface area contributed by atoms with Gasteiger partial charge in [0.1, 0.15) is 11.2 Å². The van der Waals surface area contributed by atoms with Gasteiger partial charge >= 0.3 is 11.9 Å². The van der Waals surface area contributed by atoms with Gasteiger partial charge in [0.15, 0.2) is 0 Å². The molecule has 0 aromatic rings. The van der Waals surface area contributed by atoms with Crippen molar-refractivity contribution in [3.63, 3.8) is 0 Å². The Bertz CT molecular complexity index is 496. The lowest BCUT2D eigenvalue weighted by Gasteiger charge is -2.46. The van der Waals surface area contributed by atoms with E-state index in [4.69, 9.17) is 10.2 Å². The Morgan fingerprint density at radius 2 is 1.30 bits per heavy atom. The third kappa shape index (κ3) is 3.52. The van der Waals surface area contributed by atoms with Crippen molar-refractivity contribution >= 4 is 23.8 Å². The van der Waals surface area contributed by atoms with Crippen LogP contribution in [-0.4, -0.2) is 56.9 Å². The van der Waals surface area contributed by atoms with Crippen molar-refractivity contribution in [3.05, 3.63) is 12.4 Å². The SMILES string of the molecule is C=C1N(CCC(=O)O)C(=O)C(CC)(CC)C(=O)N1CCC(=O)O. The number of hydrogen-bond acceptors (Lipinski definition) is 4. The number of hydrogen-bond donors (Lipinski definition) is 2. The number of nitrogens with zero attached hydrogens (tertiary/aromatic N) is 2. The molecule has 0 saturated carbocycles. The molecule has 8 nitrogen and oxygen atoms in total. The molecule has 1 heterocycles. The van der Waals surface area contributed by atoms with E-state index in [2.05, 4.69) is 6.58 Å². The molecule has 1 fully saturated rings. The second kappa shape index (κ2) is 7.26. The minimum Gasteiger partial charge on any atom is -0.481 e. The average Bonchev–Trinajstić information content (AvgIpc) is 2.48. The number of carboxylic acids is 2. The third-order valence-electron chi connectivity index (χ3n) is 4.24. The maximum Gasteiger partial charge on any atom is 0.305 e. The zero-order chi connectivity index (χ0) is 17.8. The number of aliphatic carboxylic acids is 2. The van der Waals surface area contributed by atoms with Gasteiger partial charge in [0.2, 0.25) is 11.8 Å². The molecule has 8 heteroatoms. The van der Waals surface area contributed by atoms with E-state index >= 15 is 0 Å². The third-order valence-corrected chi connectivity index (χ3v) is 4.24. The quantitative estimate of drug-likeness (QED) is 0.640. The standard InChI is InChI=1S/C15H22N2O6/c1-4-15(5-2)13(22)16(8-6-11(18)19)10(3)17(14(15)23)9-7-12(20)21/h3-9H2,1-2H3,(H,18,19)(H,20,21). The summed E-state index contributed by atoms with van der Waals surface area (Å²) in [6.45, 7) is 6.89. The van der Waals surface area contributed by atoms with Crippen molar-refractivity contribution < 1.29 is 29.4 Å². The van der Waals surface area contributed by atoms with E-state index in [1.807, 2.05) is 0 Å². The molecule has 2 amide bonds. The fourth-order valence-electron chi connectivity index (χ4n) is 2.72. The minimum absolute atomic E-state index is 0.0417. The highest BCUT2D eigenvalue weighted by Crippen LogP contribution is 2.38. The molecule has 0 bridgehead atoms. The van der Waals surface area contributed by atoms with Crippen LogP contribution in [0.4, 0.5) is 0 Å². The van der Waals surface area contributed by atoms with Crippen LogP contribution in [0.15, 0.2) is 12.4 Å². The second-order valence-electron chi connectivity index (χ2n) is 5.41. The molecule has 0 aliphatic carbocycles. The van der Waals surface area contributed by atoms with Gasteiger partial charge in [0.05, 0.1) is 12.8 Å². The fourth-order valence-corrected chi connectivity index (χ4v) is 2.72. The number of carbonyl (C=O) groups excluding carboxylic acids is 2. The monoisotopic (exact) mass is 326 g/mol. The first kappa shape index (κ1) is 18.7. The highest BCUT2D eigenvalue weighted by atomic mass is 16.4. The zero-order valence-corrected chi connectivity index (χ0v) is 13.4. The summed E-state index contributed by atoms with van der Waals surface area (Å²) in [5.41, 5.74) is -1.29. The van der Waals surface area contributed by atoms with Crippen LogP contribution in [-0.2, 0) is 19.2 Å². The van der Waals surface area contributed by atoms with Gasteiger partial charge < -0.3 is 10.2 Å². The van der Waals surface area contributed by atoms with E-state index in [0.29, 0.717) is 0 Å². The maximum absolute atomic E-state index is 12.7. The molecule has 0 spiro atoms. The van der Waals surface area contributed by atoms with Gasteiger partial charge in [0, 0.05) is 13.1 Å². The number of amides is 2. The Kier molecular flexibility index (Phi) is 5.89. The first-order valence-corrected chi connectivity index (χ1v) is 7.47. The minimum atomic E-state index is -1.29. The molecule has 128 valence electrons. The lowest BCUT2D eigenvalue weighted by molar-refractivity contribution is -0.163. The summed E-state index contributed by atoms with van der Waals surface area (Å²) in [5.74, 6) is -3.04. The van der Waals surface area contributed by atoms with E-state index in [-0.39, 0.29) is 44.6 Å². The molecule has 0 aromatic heterocycles. The van der Waals surface area contributed by atoms with Crippen LogP contribution >= 0.6 is 0 Å². The Labute approximate surface area is 134 Å². The van der Waals surface area contributed by atoms with E-state index in [1.54, 1.807) is 13.8 Å². The molecule has 1 aliphatic rings. The van der Waals surface area contributed by atoms with Gasteiger partial charge in [-0.05, 0) is 12.8 Å². The van der Waals surface area contributed by atoms with Crippen molar-refractivity contribution in [2.45, 2.75) is 39.5 Å². The summed E-state index contributed by atoms with van der Waals surface area (Å²) < 4.78 is 0.